The van der Waals surface area contributed by atoms with Crippen molar-refractivity contribution in [3.63, 3.8) is 0 Å². The predicted octanol–water partition coefficient (Wildman–Crippen LogP) is 5.15. The van der Waals surface area contributed by atoms with Gasteiger partial charge >= 0.3 is 0 Å². The Bertz CT molecular complexity index is 588. The van der Waals surface area contributed by atoms with Gasteiger partial charge in [0.05, 0.1) is 0 Å². The van der Waals surface area contributed by atoms with Gasteiger partial charge in [-0.3, -0.25) is 0 Å². The van der Waals surface area contributed by atoms with E-state index in [1.54, 1.807) is 11.8 Å². The third-order valence-corrected chi connectivity index (χ3v) is 5.60. The zero-order valence-electron chi connectivity index (χ0n) is 12.3. The highest BCUT2D eigenvalue weighted by Gasteiger charge is 2.21. The molecule has 3 rings (SSSR count). The number of halogens is 1. The summed E-state index contributed by atoms with van der Waals surface area (Å²) in [6, 6.07) is 9.09. The van der Waals surface area contributed by atoms with E-state index in [9.17, 15) is 0 Å². The van der Waals surface area contributed by atoms with Gasteiger partial charge in [0.1, 0.15) is 5.82 Å². The van der Waals surface area contributed by atoms with Gasteiger partial charge in [-0.2, -0.15) is 0 Å². The third-order valence-electron chi connectivity index (χ3n) is 4.06. The predicted molar refractivity (Wildman–Crippen MR) is 90.6 cm³/mol. The average Bonchev–Trinajstić information content (AvgIpc) is 2.88. The number of aryl methyl sites for hydroxylation is 1. The first-order valence-corrected chi connectivity index (χ1v) is 9.30. The lowest BCUT2D eigenvalue weighted by Crippen LogP contribution is -2.15. The zero-order chi connectivity index (χ0) is 14.7. The van der Waals surface area contributed by atoms with Crippen molar-refractivity contribution >= 4 is 27.7 Å². The maximum absolute atomic E-state index is 4.39. The summed E-state index contributed by atoms with van der Waals surface area (Å²) in [5.74, 6) is 2.00. The summed E-state index contributed by atoms with van der Waals surface area (Å²) in [4.78, 5) is 0. The highest BCUT2D eigenvalue weighted by molar-refractivity contribution is 9.10. The average molecular weight is 366 g/mol. The van der Waals surface area contributed by atoms with E-state index in [2.05, 4.69) is 61.9 Å². The molecule has 0 amide bonds. The second kappa shape index (κ2) is 6.97. The molecule has 1 aromatic heterocycles. The number of rotatable bonds is 4. The molecule has 112 valence electrons. The van der Waals surface area contributed by atoms with Crippen molar-refractivity contribution in [2.45, 2.75) is 56.0 Å². The normalized spacial score (nSPS) is 16.3. The Hall–Kier alpha value is -0.810. The van der Waals surface area contributed by atoms with Gasteiger partial charge in [-0.05, 0) is 37.5 Å². The van der Waals surface area contributed by atoms with Crippen molar-refractivity contribution in [2.24, 2.45) is 0 Å². The van der Waals surface area contributed by atoms with Crippen LogP contribution in [0.15, 0.2) is 33.9 Å². The smallest absolute Gasteiger partial charge is 0.191 e. The van der Waals surface area contributed by atoms with Crippen molar-refractivity contribution in [3.8, 4) is 0 Å². The van der Waals surface area contributed by atoms with Crippen LogP contribution in [0.1, 0.15) is 49.5 Å². The molecule has 2 aromatic rings. The number of nitrogens with zero attached hydrogens (tertiary/aromatic N) is 3. The van der Waals surface area contributed by atoms with Gasteiger partial charge in [-0.15, -0.1) is 10.2 Å². The van der Waals surface area contributed by atoms with E-state index in [4.69, 9.17) is 0 Å². The molecule has 1 fully saturated rings. The van der Waals surface area contributed by atoms with E-state index in [0.717, 1.165) is 21.2 Å². The van der Waals surface area contributed by atoms with Crippen LogP contribution in [0, 0.1) is 6.92 Å². The first-order chi connectivity index (χ1) is 10.2. The van der Waals surface area contributed by atoms with Crippen molar-refractivity contribution in [2.75, 3.05) is 0 Å². The molecular weight excluding hydrogens is 346 g/mol. The summed E-state index contributed by atoms with van der Waals surface area (Å²) in [6.45, 7) is 2.07. The molecule has 1 saturated carbocycles. The number of benzene rings is 1. The van der Waals surface area contributed by atoms with Gasteiger partial charge in [-0.25, -0.2) is 0 Å². The second-order valence-electron chi connectivity index (χ2n) is 5.61. The highest BCUT2D eigenvalue weighted by Crippen LogP contribution is 2.33. The fraction of sp³-hybridized carbons (Fsp3) is 0.500. The highest BCUT2D eigenvalue weighted by atomic mass is 79.9. The minimum Gasteiger partial charge on any atom is -0.303 e. The third kappa shape index (κ3) is 3.69. The summed E-state index contributed by atoms with van der Waals surface area (Å²) >= 11 is 5.27. The van der Waals surface area contributed by atoms with E-state index in [-0.39, 0.29) is 0 Å². The Morgan fingerprint density at radius 3 is 2.57 bits per heavy atom. The van der Waals surface area contributed by atoms with E-state index in [1.807, 2.05) is 0 Å². The molecule has 21 heavy (non-hydrogen) atoms. The number of hydrogen-bond acceptors (Lipinski definition) is 3. The lowest BCUT2D eigenvalue weighted by atomic mass is 9.95. The lowest BCUT2D eigenvalue weighted by Gasteiger charge is -2.25. The SMILES string of the molecule is Cc1nnc(SCc2ccc(Br)cc2)n1C1CCCCC1. The second-order valence-corrected chi connectivity index (χ2v) is 7.46. The fourth-order valence-corrected chi connectivity index (χ4v) is 4.21. The maximum Gasteiger partial charge on any atom is 0.191 e. The zero-order valence-corrected chi connectivity index (χ0v) is 14.7. The standard InChI is InChI=1S/C16H20BrN3S/c1-12-18-19-16(20(12)15-5-3-2-4-6-15)21-11-13-7-9-14(17)10-8-13/h7-10,15H,2-6,11H2,1H3. The Balaban J connectivity index is 1.71. The molecule has 0 unspecified atom stereocenters. The van der Waals surface area contributed by atoms with E-state index < -0.39 is 0 Å². The van der Waals surface area contributed by atoms with Crippen LogP contribution in [-0.2, 0) is 5.75 Å². The molecule has 5 heteroatoms. The molecule has 0 saturated heterocycles. The molecule has 1 heterocycles. The number of thioether (sulfide) groups is 1. The Morgan fingerprint density at radius 1 is 1.14 bits per heavy atom. The molecule has 0 atom stereocenters. The van der Waals surface area contributed by atoms with Crippen LogP contribution in [0.3, 0.4) is 0 Å². The van der Waals surface area contributed by atoms with Crippen LogP contribution < -0.4 is 0 Å². The van der Waals surface area contributed by atoms with Crippen LogP contribution in [0.25, 0.3) is 0 Å². The van der Waals surface area contributed by atoms with Gasteiger partial charge in [0.15, 0.2) is 5.16 Å². The summed E-state index contributed by atoms with van der Waals surface area (Å²) in [7, 11) is 0. The molecule has 0 spiro atoms. The topological polar surface area (TPSA) is 30.7 Å². The lowest BCUT2D eigenvalue weighted by molar-refractivity contribution is 0.332. The number of aromatic nitrogens is 3. The maximum atomic E-state index is 4.39. The molecule has 1 aliphatic rings. The van der Waals surface area contributed by atoms with E-state index >= 15 is 0 Å². The van der Waals surface area contributed by atoms with Crippen molar-refractivity contribution in [1.29, 1.82) is 0 Å². The summed E-state index contributed by atoms with van der Waals surface area (Å²) in [5.41, 5.74) is 1.32. The van der Waals surface area contributed by atoms with E-state index in [1.165, 1.54) is 37.7 Å². The van der Waals surface area contributed by atoms with Crippen LogP contribution in [-0.4, -0.2) is 14.8 Å². The molecule has 0 aliphatic heterocycles. The van der Waals surface area contributed by atoms with Crippen LogP contribution in [0.4, 0.5) is 0 Å². The van der Waals surface area contributed by atoms with Crippen molar-refractivity contribution < 1.29 is 0 Å². The van der Waals surface area contributed by atoms with Gasteiger partial charge < -0.3 is 4.57 Å². The minimum atomic E-state index is 0.598. The fourth-order valence-electron chi connectivity index (χ4n) is 2.94. The molecule has 1 aromatic carbocycles. The van der Waals surface area contributed by atoms with Crippen LogP contribution in [0.2, 0.25) is 0 Å². The molecular formula is C16H20BrN3S. The summed E-state index contributed by atoms with van der Waals surface area (Å²) < 4.78 is 3.49. The van der Waals surface area contributed by atoms with Gasteiger partial charge in [0.25, 0.3) is 0 Å². The largest absolute Gasteiger partial charge is 0.303 e. The molecule has 1 aliphatic carbocycles. The van der Waals surface area contributed by atoms with Gasteiger partial charge in [0.2, 0.25) is 0 Å². The Morgan fingerprint density at radius 2 is 1.86 bits per heavy atom. The van der Waals surface area contributed by atoms with Crippen molar-refractivity contribution in [3.05, 3.63) is 40.1 Å². The minimum absolute atomic E-state index is 0.598. The summed E-state index contributed by atoms with van der Waals surface area (Å²) in [6.07, 6.45) is 6.58. The molecule has 3 nitrogen and oxygen atoms in total. The first-order valence-electron chi connectivity index (χ1n) is 7.53. The Kier molecular flexibility index (Phi) is 5.01. The first kappa shape index (κ1) is 15.1. The van der Waals surface area contributed by atoms with Crippen LogP contribution >= 0.6 is 27.7 Å². The molecule has 0 bridgehead atoms. The van der Waals surface area contributed by atoms with Crippen molar-refractivity contribution in [1.82, 2.24) is 14.8 Å². The quantitative estimate of drug-likeness (QED) is 0.702. The van der Waals surface area contributed by atoms with Crippen LogP contribution in [0.5, 0.6) is 0 Å². The summed E-state index contributed by atoms with van der Waals surface area (Å²) in [5, 5.41) is 9.76. The molecule has 0 radical (unpaired) electrons. The van der Waals surface area contributed by atoms with Gasteiger partial charge in [0, 0.05) is 16.3 Å². The monoisotopic (exact) mass is 365 g/mol. The van der Waals surface area contributed by atoms with E-state index in [0.29, 0.717) is 6.04 Å². The Labute approximate surface area is 138 Å². The number of hydrogen-bond donors (Lipinski definition) is 0. The van der Waals surface area contributed by atoms with Gasteiger partial charge in [-0.1, -0.05) is 59.1 Å². The molecule has 0 N–H and O–H groups in total.